The number of likely N-dealkylation sites (N-methyl/N-ethyl adjacent to an activating group) is 1. The summed E-state index contributed by atoms with van der Waals surface area (Å²) in [4.78, 5) is 6.86. The molecule has 5 nitrogen and oxygen atoms in total. The second-order valence-electron chi connectivity index (χ2n) is 6.02. The maximum Gasteiger partial charge on any atom is 0.214 e. The normalized spacial score (nSPS) is 19.7. The first kappa shape index (κ1) is 14.6. The summed E-state index contributed by atoms with van der Waals surface area (Å²) in [6.45, 7) is 3.20. The highest BCUT2D eigenvalue weighted by Gasteiger charge is 2.25. The SMILES string of the molecule is CN1CC(Oc2cccc(-c3cccc(C4OCCO4)c3)n2)C1. The van der Waals surface area contributed by atoms with Crippen LogP contribution < -0.4 is 4.74 Å². The van der Waals surface area contributed by atoms with Crippen molar-refractivity contribution in [3.8, 4) is 17.1 Å². The Labute approximate surface area is 135 Å². The number of benzene rings is 1. The number of pyridine rings is 1. The summed E-state index contributed by atoms with van der Waals surface area (Å²) in [7, 11) is 2.09. The van der Waals surface area contributed by atoms with Crippen molar-refractivity contribution < 1.29 is 14.2 Å². The van der Waals surface area contributed by atoms with Gasteiger partial charge in [-0.25, -0.2) is 4.98 Å². The summed E-state index contributed by atoms with van der Waals surface area (Å²) in [6, 6.07) is 14.0. The molecule has 0 bridgehead atoms. The number of nitrogens with zero attached hydrogens (tertiary/aromatic N) is 2. The molecule has 0 aliphatic carbocycles. The lowest BCUT2D eigenvalue weighted by molar-refractivity contribution is -0.0440. The van der Waals surface area contributed by atoms with Gasteiger partial charge >= 0.3 is 0 Å². The van der Waals surface area contributed by atoms with E-state index in [4.69, 9.17) is 14.2 Å². The van der Waals surface area contributed by atoms with Crippen LogP contribution in [0.1, 0.15) is 11.9 Å². The van der Waals surface area contributed by atoms with Crippen molar-refractivity contribution in [1.82, 2.24) is 9.88 Å². The number of hydrogen-bond acceptors (Lipinski definition) is 5. The van der Waals surface area contributed by atoms with E-state index in [1.54, 1.807) is 0 Å². The Bertz CT molecular complexity index is 679. The van der Waals surface area contributed by atoms with E-state index in [1.165, 1.54) is 0 Å². The third kappa shape index (κ3) is 3.22. The standard InChI is InChI=1S/C18H20N2O3/c1-20-11-15(12-20)23-17-7-3-6-16(19-17)13-4-2-5-14(10-13)18-21-8-9-22-18/h2-7,10,15,18H,8-9,11-12H2,1H3. The first-order valence-electron chi connectivity index (χ1n) is 7.94. The summed E-state index contributed by atoms with van der Waals surface area (Å²) < 4.78 is 17.0. The Kier molecular flexibility index (Phi) is 3.99. The third-order valence-corrected chi connectivity index (χ3v) is 4.12. The molecule has 2 aromatic rings. The summed E-state index contributed by atoms with van der Waals surface area (Å²) >= 11 is 0. The second kappa shape index (κ2) is 6.28. The van der Waals surface area contributed by atoms with Crippen molar-refractivity contribution in [2.75, 3.05) is 33.4 Å². The number of hydrogen-bond donors (Lipinski definition) is 0. The fraction of sp³-hybridized carbons (Fsp3) is 0.389. The number of likely N-dealkylation sites (tertiary alicyclic amines) is 1. The van der Waals surface area contributed by atoms with Crippen LogP contribution >= 0.6 is 0 Å². The Balaban J connectivity index is 1.54. The molecule has 2 aliphatic heterocycles. The van der Waals surface area contributed by atoms with E-state index in [0.717, 1.165) is 29.9 Å². The topological polar surface area (TPSA) is 43.8 Å². The number of rotatable bonds is 4. The molecule has 0 N–H and O–H groups in total. The Morgan fingerprint density at radius 1 is 1.09 bits per heavy atom. The highest BCUT2D eigenvalue weighted by Crippen LogP contribution is 2.28. The zero-order valence-electron chi connectivity index (χ0n) is 13.1. The predicted molar refractivity (Wildman–Crippen MR) is 86.2 cm³/mol. The number of ether oxygens (including phenoxy) is 3. The van der Waals surface area contributed by atoms with Crippen molar-refractivity contribution in [3.05, 3.63) is 48.0 Å². The van der Waals surface area contributed by atoms with Crippen LogP contribution in [0.25, 0.3) is 11.3 Å². The van der Waals surface area contributed by atoms with E-state index >= 15 is 0 Å². The first-order valence-corrected chi connectivity index (χ1v) is 7.94. The van der Waals surface area contributed by atoms with Gasteiger partial charge in [0.15, 0.2) is 6.29 Å². The molecular formula is C18H20N2O3. The van der Waals surface area contributed by atoms with Crippen LogP contribution in [0.5, 0.6) is 5.88 Å². The van der Waals surface area contributed by atoms with Crippen LogP contribution in [-0.2, 0) is 9.47 Å². The molecule has 0 spiro atoms. The summed E-state index contributed by atoms with van der Waals surface area (Å²) in [5.41, 5.74) is 2.96. The summed E-state index contributed by atoms with van der Waals surface area (Å²) in [5, 5.41) is 0. The molecule has 1 aromatic heterocycles. The number of aromatic nitrogens is 1. The molecule has 0 atom stereocenters. The predicted octanol–water partition coefficient (Wildman–Crippen LogP) is 2.49. The first-order chi connectivity index (χ1) is 11.3. The van der Waals surface area contributed by atoms with Crippen molar-refractivity contribution in [2.24, 2.45) is 0 Å². The van der Waals surface area contributed by atoms with Gasteiger partial charge in [-0.3, -0.25) is 4.90 Å². The van der Waals surface area contributed by atoms with Gasteiger partial charge in [-0.05, 0) is 19.2 Å². The van der Waals surface area contributed by atoms with E-state index < -0.39 is 0 Å². The van der Waals surface area contributed by atoms with Gasteiger partial charge in [-0.2, -0.15) is 0 Å². The molecule has 3 heterocycles. The third-order valence-electron chi connectivity index (χ3n) is 4.12. The van der Waals surface area contributed by atoms with Crippen molar-refractivity contribution in [3.63, 3.8) is 0 Å². The second-order valence-corrected chi connectivity index (χ2v) is 6.02. The lowest BCUT2D eigenvalue weighted by Crippen LogP contribution is -2.51. The minimum atomic E-state index is -0.264. The molecular weight excluding hydrogens is 292 g/mol. The summed E-state index contributed by atoms with van der Waals surface area (Å²) in [5.74, 6) is 0.680. The van der Waals surface area contributed by atoms with Gasteiger partial charge in [0.25, 0.3) is 0 Å². The Morgan fingerprint density at radius 2 is 1.87 bits per heavy atom. The van der Waals surface area contributed by atoms with Crippen LogP contribution in [0.3, 0.4) is 0 Å². The lowest BCUT2D eigenvalue weighted by Gasteiger charge is -2.35. The smallest absolute Gasteiger partial charge is 0.214 e. The van der Waals surface area contributed by atoms with Gasteiger partial charge in [0.2, 0.25) is 5.88 Å². The van der Waals surface area contributed by atoms with Crippen molar-refractivity contribution in [2.45, 2.75) is 12.4 Å². The minimum Gasteiger partial charge on any atom is -0.472 e. The van der Waals surface area contributed by atoms with Gasteiger partial charge in [-0.15, -0.1) is 0 Å². The lowest BCUT2D eigenvalue weighted by atomic mass is 10.1. The fourth-order valence-electron chi connectivity index (χ4n) is 2.92. The van der Waals surface area contributed by atoms with Gasteiger partial charge in [-0.1, -0.05) is 24.3 Å². The Hall–Kier alpha value is -1.95. The van der Waals surface area contributed by atoms with E-state index in [1.807, 2.05) is 36.4 Å². The molecule has 1 aromatic carbocycles. The molecule has 2 fully saturated rings. The van der Waals surface area contributed by atoms with Crippen LogP contribution in [0.4, 0.5) is 0 Å². The van der Waals surface area contributed by atoms with E-state index in [9.17, 15) is 0 Å². The maximum absolute atomic E-state index is 5.91. The van der Waals surface area contributed by atoms with E-state index in [-0.39, 0.29) is 12.4 Å². The van der Waals surface area contributed by atoms with Crippen LogP contribution in [0.15, 0.2) is 42.5 Å². The maximum atomic E-state index is 5.91. The monoisotopic (exact) mass is 312 g/mol. The Morgan fingerprint density at radius 3 is 2.65 bits per heavy atom. The highest BCUT2D eigenvalue weighted by atomic mass is 16.7. The van der Waals surface area contributed by atoms with E-state index in [0.29, 0.717) is 19.1 Å². The van der Waals surface area contributed by atoms with Gasteiger partial charge in [0.05, 0.1) is 18.9 Å². The van der Waals surface area contributed by atoms with Gasteiger partial charge in [0.1, 0.15) is 6.10 Å². The minimum absolute atomic E-state index is 0.245. The average Bonchev–Trinajstić information content (AvgIpc) is 3.08. The molecule has 4 rings (SSSR count). The molecule has 2 aliphatic rings. The molecule has 0 amide bonds. The zero-order chi connectivity index (χ0) is 15.6. The van der Waals surface area contributed by atoms with Crippen molar-refractivity contribution >= 4 is 0 Å². The highest BCUT2D eigenvalue weighted by molar-refractivity contribution is 5.60. The molecule has 0 saturated carbocycles. The van der Waals surface area contributed by atoms with Crippen LogP contribution in [0.2, 0.25) is 0 Å². The van der Waals surface area contributed by atoms with Crippen LogP contribution in [-0.4, -0.2) is 49.3 Å². The average molecular weight is 312 g/mol. The molecule has 0 radical (unpaired) electrons. The zero-order valence-corrected chi connectivity index (χ0v) is 13.1. The van der Waals surface area contributed by atoms with Gasteiger partial charge in [0, 0.05) is 30.3 Å². The quantitative estimate of drug-likeness (QED) is 0.868. The van der Waals surface area contributed by atoms with E-state index in [2.05, 4.69) is 23.0 Å². The molecule has 0 unspecified atom stereocenters. The molecule has 120 valence electrons. The molecule has 23 heavy (non-hydrogen) atoms. The van der Waals surface area contributed by atoms with Crippen molar-refractivity contribution in [1.29, 1.82) is 0 Å². The molecule has 5 heteroatoms. The van der Waals surface area contributed by atoms with Crippen LogP contribution in [0, 0.1) is 0 Å². The largest absolute Gasteiger partial charge is 0.472 e. The van der Waals surface area contributed by atoms with Gasteiger partial charge < -0.3 is 14.2 Å². The fourth-order valence-corrected chi connectivity index (χ4v) is 2.92. The summed E-state index contributed by atoms with van der Waals surface area (Å²) in [6.07, 6.45) is -0.0192. The molecule has 2 saturated heterocycles.